The molecule has 1 unspecified atom stereocenters. The maximum absolute atomic E-state index is 10.6. The van der Waals surface area contributed by atoms with Crippen molar-refractivity contribution in [1.29, 1.82) is 0 Å². The average molecular weight is 198 g/mol. The third-order valence-electron chi connectivity index (χ3n) is 2.15. The van der Waals surface area contributed by atoms with Gasteiger partial charge in [0.25, 0.3) is 0 Å². The molecule has 1 fully saturated rings. The minimum Gasteiger partial charge on any atom is -0.476 e. The molecule has 0 aliphatic carbocycles. The molecule has 0 spiro atoms. The minimum atomic E-state index is -0.937. The molecule has 0 aromatic carbocycles. The molecule has 0 radical (unpaired) electrons. The fourth-order valence-corrected chi connectivity index (χ4v) is 2.37. The first-order valence-electron chi connectivity index (χ1n) is 4.17. The van der Waals surface area contributed by atoms with Crippen LogP contribution in [0.15, 0.2) is 5.38 Å². The molecule has 2 heterocycles. The topological polar surface area (TPSA) is 62.2 Å². The predicted molar refractivity (Wildman–Crippen MR) is 49.3 cm³/mol. The van der Waals surface area contributed by atoms with Crippen LogP contribution in [0.2, 0.25) is 0 Å². The molecule has 1 aromatic heterocycles. The Morgan fingerprint density at radius 3 is 3.15 bits per heavy atom. The molecule has 1 atom stereocenters. The number of rotatable bonds is 2. The highest BCUT2D eigenvalue weighted by Crippen LogP contribution is 2.25. The van der Waals surface area contributed by atoms with Gasteiger partial charge in [0.15, 0.2) is 5.69 Å². The SMILES string of the molecule is O=C(O)c1csc(C2CCNC2)n1. The Kier molecular flexibility index (Phi) is 2.28. The Hall–Kier alpha value is -0.940. The number of nitrogens with zero attached hydrogens (tertiary/aromatic N) is 1. The molecule has 0 amide bonds. The molecule has 1 aliphatic rings. The molecule has 5 heteroatoms. The van der Waals surface area contributed by atoms with Gasteiger partial charge in [-0.3, -0.25) is 0 Å². The van der Waals surface area contributed by atoms with Crippen LogP contribution in [0.1, 0.15) is 27.8 Å². The molecular formula is C8H10N2O2S. The van der Waals surface area contributed by atoms with Gasteiger partial charge in [0.05, 0.1) is 5.01 Å². The Labute approximate surface area is 79.6 Å². The first-order chi connectivity index (χ1) is 6.27. The summed E-state index contributed by atoms with van der Waals surface area (Å²) in [5.74, 6) is -0.522. The normalized spacial score (nSPS) is 22.0. The highest BCUT2D eigenvalue weighted by atomic mass is 32.1. The summed E-state index contributed by atoms with van der Waals surface area (Å²) in [6.07, 6.45) is 1.06. The van der Waals surface area contributed by atoms with Gasteiger partial charge in [-0.15, -0.1) is 11.3 Å². The lowest BCUT2D eigenvalue weighted by molar-refractivity contribution is 0.0691. The van der Waals surface area contributed by atoms with Crippen LogP contribution in [0.3, 0.4) is 0 Å². The molecule has 0 saturated carbocycles. The van der Waals surface area contributed by atoms with E-state index in [2.05, 4.69) is 10.3 Å². The van der Waals surface area contributed by atoms with Crippen molar-refractivity contribution in [2.45, 2.75) is 12.3 Å². The lowest BCUT2D eigenvalue weighted by Gasteiger charge is -2.00. The van der Waals surface area contributed by atoms with E-state index < -0.39 is 5.97 Å². The molecule has 2 rings (SSSR count). The Morgan fingerprint density at radius 1 is 1.77 bits per heavy atom. The number of carboxylic acids is 1. The molecule has 70 valence electrons. The average Bonchev–Trinajstić information content (AvgIpc) is 2.75. The smallest absolute Gasteiger partial charge is 0.355 e. The monoisotopic (exact) mass is 198 g/mol. The molecule has 1 aromatic rings. The van der Waals surface area contributed by atoms with Crippen molar-refractivity contribution in [2.24, 2.45) is 0 Å². The van der Waals surface area contributed by atoms with Crippen LogP contribution in [0, 0.1) is 0 Å². The lowest BCUT2D eigenvalue weighted by atomic mass is 10.1. The van der Waals surface area contributed by atoms with Gasteiger partial charge in [-0.1, -0.05) is 0 Å². The zero-order valence-corrected chi connectivity index (χ0v) is 7.80. The standard InChI is InChI=1S/C8H10N2O2S/c11-8(12)6-4-13-7(10-6)5-1-2-9-3-5/h4-5,9H,1-3H2,(H,11,12). The van der Waals surface area contributed by atoms with Gasteiger partial charge in [-0.25, -0.2) is 9.78 Å². The number of carbonyl (C=O) groups is 1. The van der Waals surface area contributed by atoms with E-state index in [9.17, 15) is 4.79 Å². The molecule has 1 saturated heterocycles. The first kappa shape index (κ1) is 8.65. The zero-order chi connectivity index (χ0) is 9.26. The number of carboxylic acid groups (broad SMARTS) is 1. The molecule has 4 nitrogen and oxygen atoms in total. The van der Waals surface area contributed by atoms with Crippen LogP contribution in [0.5, 0.6) is 0 Å². The van der Waals surface area contributed by atoms with Crippen LogP contribution in [0.4, 0.5) is 0 Å². The van der Waals surface area contributed by atoms with E-state index in [1.165, 1.54) is 11.3 Å². The summed E-state index contributed by atoms with van der Waals surface area (Å²) in [5.41, 5.74) is 0.173. The summed E-state index contributed by atoms with van der Waals surface area (Å²) in [6, 6.07) is 0. The third kappa shape index (κ3) is 1.71. The van der Waals surface area contributed by atoms with Gasteiger partial charge in [-0.05, 0) is 13.0 Å². The second kappa shape index (κ2) is 3.43. The number of aromatic nitrogens is 1. The quantitative estimate of drug-likeness (QED) is 0.741. The highest BCUT2D eigenvalue weighted by Gasteiger charge is 2.20. The van der Waals surface area contributed by atoms with Crippen LogP contribution in [-0.2, 0) is 0 Å². The van der Waals surface area contributed by atoms with Gasteiger partial charge >= 0.3 is 5.97 Å². The summed E-state index contributed by atoms with van der Waals surface area (Å²) in [6.45, 7) is 1.93. The summed E-state index contributed by atoms with van der Waals surface area (Å²) >= 11 is 1.44. The van der Waals surface area contributed by atoms with Crippen molar-refractivity contribution < 1.29 is 9.90 Å². The van der Waals surface area contributed by atoms with Crippen LogP contribution < -0.4 is 5.32 Å². The summed E-state index contributed by atoms with van der Waals surface area (Å²) in [5, 5.41) is 14.5. The largest absolute Gasteiger partial charge is 0.476 e. The number of hydrogen-bond donors (Lipinski definition) is 2. The fraction of sp³-hybridized carbons (Fsp3) is 0.500. The number of nitrogens with one attached hydrogen (secondary N) is 1. The van der Waals surface area contributed by atoms with Crippen molar-refractivity contribution in [3.8, 4) is 0 Å². The Bertz CT molecular complexity index is 318. The van der Waals surface area contributed by atoms with E-state index in [4.69, 9.17) is 5.11 Å². The van der Waals surface area contributed by atoms with Crippen LogP contribution in [0.25, 0.3) is 0 Å². The fourth-order valence-electron chi connectivity index (χ4n) is 1.44. The molecule has 0 bridgehead atoms. The third-order valence-corrected chi connectivity index (χ3v) is 3.16. The molecular weight excluding hydrogens is 188 g/mol. The second-order valence-corrected chi connectivity index (χ2v) is 3.96. The van der Waals surface area contributed by atoms with Crippen molar-refractivity contribution >= 4 is 17.3 Å². The lowest BCUT2D eigenvalue weighted by Crippen LogP contribution is -2.08. The zero-order valence-electron chi connectivity index (χ0n) is 6.99. The van der Waals surface area contributed by atoms with Crippen LogP contribution >= 0.6 is 11.3 Å². The Morgan fingerprint density at radius 2 is 2.62 bits per heavy atom. The summed E-state index contributed by atoms with van der Waals surface area (Å²) in [4.78, 5) is 14.6. The van der Waals surface area contributed by atoms with Gasteiger partial charge in [-0.2, -0.15) is 0 Å². The van der Waals surface area contributed by atoms with Crippen molar-refractivity contribution in [3.63, 3.8) is 0 Å². The van der Waals surface area contributed by atoms with Gasteiger partial charge in [0.1, 0.15) is 0 Å². The van der Waals surface area contributed by atoms with Crippen LogP contribution in [-0.4, -0.2) is 29.1 Å². The Balaban J connectivity index is 2.16. The summed E-state index contributed by atoms with van der Waals surface area (Å²) in [7, 11) is 0. The van der Waals surface area contributed by atoms with E-state index in [1.54, 1.807) is 5.38 Å². The first-order valence-corrected chi connectivity index (χ1v) is 5.05. The van der Waals surface area contributed by atoms with Crippen molar-refractivity contribution in [2.75, 3.05) is 13.1 Å². The number of aromatic carboxylic acids is 1. The second-order valence-electron chi connectivity index (χ2n) is 3.07. The maximum atomic E-state index is 10.6. The number of thiazole rings is 1. The van der Waals surface area contributed by atoms with Crippen molar-refractivity contribution in [1.82, 2.24) is 10.3 Å². The van der Waals surface area contributed by atoms with Gasteiger partial charge in [0, 0.05) is 17.8 Å². The predicted octanol–water partition coefficient (Wildman–Crippen LogP) is 0.918. The van der Waals surface area contributed by atoms with E-state index in [-0.39, 0.29) is 5.69 Å². The molecule has 13 heavy (non-hydrogen) atoms. The summed E-state index contributed by atoms with van der Waals surface area (Å²) < 4.78 is 0. The minimum absolute atomic E-state index is 0.173. The molecule has 1 aliphatic heterocycles. The van der Waals surface area contributed by atoms with E-state index >= 15 is 0 Å². The van der Waals surface area contributed by atoms with Crippen molar-refractivity contribution in [3.05, 3.63) is 16.1 Å². The number of hydrogen-bond acceptors (Lipinski definition) is 4. The molecule has 2 N–H and O–H groups in total. The van der Waals surface area contributed by atoms with Gasteiger partial charge < -0.3 is 10.4 Å². The van der Waals surface area contributed by atoms with E-state index in [1.807, 2.05) is 0 Å². The van der Waals surface area contributed by atoms with E-state index in [0.717, 1.165) is 24.5 Å². The highest BCUT2D eigenvalue weighted by molar-refractivity contribution is 7.09. The van der Waals surface area contributed by atoms with Gasteiger partial charge in [0.2, 0.25) is 0 Å². The maximum Gasteiger partial charge on any atom is 0.355 e. The van der Waals surface area contributed by atoms with E-state index in [0.29, 0.717) is 5.92 Å².